The van der Waals surface area contributed by atoms with Gasteiger partial charge in [0.25, 0.3) is 5.91 Å². The fourth-order valence-corrected chi connectivity index (χ4v) is 1.87. The summed E-state index contributed by atoms with van der Waals surface area (Å²) in [5, 5.41) is 2.60. The second-order valence-electron chi connectivity index (χ2n) is 4.56. The average Bonchev–Trinajstić information content (AvgIpc) is 2.31. The Morgan fingerprint density at radius 3 is 2.61 bits per heavy atom. The highest BCUT2D eigenvalue weighted by Crippen LogP contribution is 2.13. The van der Waals surface area contributed by atoms with Crippen LogP contribution in [0, 0.1) is 17.6 Å². The largest absolute Gasteiger partial charge is 0.348 e. The van der Waals surface area contributed by atoms with Gasteiger partial charge in [-0.1, -0.05) is 19.9 Å². The van der Waals surface area contributed by atoms with Crippen LogP contribution in [0.1, 0.15) is 30.6 Å². The van der Waals surface area contributed by atoms with Gasteiger partial charge in [-0.25, -0.2) is 8.78 Å². The van der Waals surface area contributed by atoms with Gasteiger partial charge >= 0.3 is 0 Å². The Labute approximate surface area is 110 Å². The van der Waals surface area contributed by atoms with Crippen LogP contribution in [0.25, 0.3) is 0 Å². The van der Waals surface area contributed by atoms with Gasteiger partial charge in [-0.05, 0) is 24.5 Å². The first-order valence-electron chi connectivity index (χ1n) is 5.76. The minimum Gasteiger partial charge on any atom is -0.348 e. The maximum atomic E-state index is 13.4. The molecular formula is C13H16ClF2NO. The molecule has 0 saturated heterocycles. The lowest BCUT2D eigenvalue weighted by atomic mass is 10.0. The number of carbonyl (C=O) groups excluding carboxylic acids is 1. The predicted molar refractivity (Wildman–Crippen MR) is 67.8 cm³/mol. The second-order valence-corrected chi connectivity index (χ2v) is 4.86. The topological polar surface area (TPSA) is 29.1 Å². The Balaban J connectivity index is 2.78. The molecule has 0 fully saturated rings. The van der Waals surface area contributed by atoms with E-state index in [1.807, 2.05) is 13.8 Å². The van der Waals surface area contributed by atoms with Gasteiger partial charge < -0.3 is 5.32 Å². The summed E-state index contributed by atoms with van der Waals surface area (Å²) >= 11 is 5.73. The molecule has 18 heavy (non-hydrogen) atoms. The first kappa shape index (κ1) is 14.9. The van der Waals surface area contributed by atoms with E-state index in [1.54, 1.807) is 0 Å². The molecule has 5 heteroatoms. The molecule has 0 aliphatic rings. The number of hydrogen-bond donors (Lipinski definition) is 1. The Morgan fingerprint density at radius 1 is 1.39 bits per heavy atom. The zero-order valence-electron chi connectivity index (χ0n) is 10.3. The van der Waals surface area contributed by atoms with Crippen LogP contribution in [0.2, 0.25) is 0 Å². The number of amides is 1. The minimum absolute atomic E-state index is 0.237. The van der Waals surface area contributed by atoms with E-state index >= 15 is 0 Å². The Bertz CT molecular complexity index is 423. The van der Waals surface area contributed by atoms with Gasteiger partial charge in [0, 0.05) is 11.9 Å². The molecule has 1 aromatic carbocycles. The smallest absolute Gasteiger partial charge is 0.254 e. The third kappa shape index (κ3) is 3.95. The summed E-state index contributed by atoms with van der Waals surface area (Å²) in [4.78, 5) is 11.8. The van der Waals surface area contributed by atoms with Crippen molar-refractivity contribution in [2.75, 3.05) is 5.88 Å². The van der Waals surface area contributed by atoms with E-state index in [1.165, 1.54) is 12.1 Å². The standard InChI is InChI=1S/C13H16ClF2NO/c1-8(2)6-9(7-14)17-13(18)10-4-3-5-11(15)12(10)16/h3-5,8-9H,6-7H2,1-2H3,(H,17,18). The molecule has 0 saturated carbocycles. The first-order valence-corrected chi connectivity index (χ1v) is 6.30. The number of rotatable bonds is 5. The highest BCUT2D eigenvalue weighted by molar-refractivity contribution is 6.18. The van der Waals surface area contributed by atoms with Crippen molar-refractivity contribution in [1.29, 1.82) is 0 Å². The summed E-state index contributed by atoms with van der Waals surface area (Å²) in [5.41, 5.74) is -0.297. The van der Waals surface area contributed by atoms with Crippen molar-refractivity contribution in [1.82, 2.24) is 5.32 Å². The van der Waals surface area contributed by atoms with Crippen molar-refractivity contribution < 1.29 is 13.6 Å². The lowest BCUT2D eigenvalue weighted by molar-refractivity contribution is 0.0931. The van der Waals surface area contributed by atoms with Crippen molar-refractivity contribution in [3.63, 3.8) is 0 Å². The Hall–Kier alpha value is -1.16. The number of carbonyl (C=O) groups is 1. The minimum atomic E-state index is -1.13. The molecule has 1 rings (SSSR count). The van der Waals surface area contributed by atoms with E-state index in [0.717, 1.165) is 6.07 Å². The van der Waals surface area contributed by atoms with Crippen LogP contribution >= 0.6 is 11.6 Å². The SMILES string of the molecule is CC(C)CC(CCl)NC(=O)c1cccc(F)c1F. The van der Waals surface area contributed by atoms with Crippen LogP contribution < -0.4 is 5.32 Å². The third-order valence-electron chi connectivity index (χ3n) is 2.47. The molecule has 0 radical (unpaired) electrons. The van der Waals surface area contributed by atoms with E-state index in [0.29, 0.717) is 12.3 Å². The molecule has 0 aliphatic carbocycles. The van der Waals surface area contributed by atoms with E-state index in [2.05, 4.69) is 5.32 Å². The van der Waals surface area contributed by atoms with E-state index in [-0.39, 0.29) is 17.5 Å². The molecule has 0 aliphatic heterocycles. The predicted octanol–water partition coefficient (Wildman–Crippen LogP) is 3.35. The van der Waals surface area contributed by atoms with Crippen molar-refractivity contribution in [3.05, 3.63) is 35.4 Å². The van der Waals surface area contributed by atoms with Crippen molar-refractivity contribution in [2.24, 2.45) is 5.92 Å². The normalized spacial score (nSPS) is 12.6. The number of halogens is 3. The third-order valence-corrected chi connectivity index (χ3v) is 2.85. The number of hydrogen-bond acceptors (Lipinski definition) is 1. The first-order chi connectivity index (χ1) is 8.45. The fourth-order valence-electron chi connectivity index (χ4n) is 1.67. The van der Waals surface area contributed by atoms with Crippen LogP contribution in [0.3, 0.4) is 0 Å². The van der Waals surface area contributed by atoms with Crippen LogP contribution in [-0.2, 0) is 0 Å². The maximum absolute atomic E-state index is 13.4. The second kappa shape index (κ2) is 6.69. The molecule has 1 amide bonds. The van der Waals surface area contributed by atoms with Gasteiger partial charge in [-0.3, -0.25) is 4.79 Å². The van der Waals surface area contributed by atoms with Crippen LogP contribution in [0.5, 0.6) is 0 Å². The summed E-state index contributed by atoms with van der Waals surface area (Å²) in [7, 11) is 0. The van der Waals surface area contributed by atoms with Crippen molar-refractivity contribution in [2.45, 2.75) is 26.3 Å². The molecule has 1 unspecified atom stereocenters. The van der Waals surface area contributed by atoms with Gasteiger partial charge in [-0.15, -0.1) is 11.6 Å². The molecule has 2 nitrogen and oxygen atoms in total. The zero-order valence-corrected chi connectivity index (χ0v) is 11.1. The van der Waals surface area contributed by atoms with Crippen LogP contribution in [0.15, 0.2) is 18.2 Å². The Morgan fingerprint density at radius 2 is 2.06 bits per heavy atom. The lowest BCUT2D eigenvalue weighted by Crippen LogP contribution is -2.37. The van der Waals surface area contributed by atoms with Gasteiger partial charge in [-0.2, -0.15) is 0 Å². The summed E-state index contributed by atoms with van der Waals surface area (Å²) in [6.07, 6.45) is 0.687. The van der Waals surface area contributed by atoms with Crippen LogP contribution in [-0.4, -0.2) is 17.8 Å². The molecule has 0 aromatic heterocycles. The van der Waals surface area contributed by atoms with Crippen molar-refractivity contribution in [3.8, 4) is 0 Å². The summed E-state index contributed by atoms with van der Waals surface area (Å²) in [5.74, 6) is -2.22. The number of alkyl halides is 1. The number of nitrogens with one attached hydrogen (secondary N) is 1. The number of benzene rings is 1. The highest BCUT2D eigenvalue weighted by atomic mass is 35.5. The molecule has 100 valence electrons. The van der Waals surface area contributed by atoms with E-state index < -0.39 is 17.5 Å². The van der Waals surface area contributed by atoms with Gasteiger partial charge in [0.15, 0.2) is 11.6 Å². The Kier molecular flexibility index (Phi) is 5.54. The van der Waals surface area contributed by atoms with Gasteiger partial charge in [0.05, 0.1) is 5.56 Å². The van der Waals surface area contributed by atoms with Crippen LogP contribution in [0.4, 0.5) is 8.78 Å². The summed E-state index contributed by atoms with van der Waals surface area (Å²) < 4.78 is 26.4. The average molecular weight is 276 g/mol. The summed E-state index contributed by atoms with van der Waals surface area (Å²) in [6, 6.07) is 3.26. The maximum Gasteiger partial charge on any atom is 0.254 e. The molecule has 1 N–H and O–H groups in total. The molecule has 0 bridgehead atoms. The molecule has 0 heterocycles. The monoisotopic (exact) mass is 275 g/mol. The highest BCUT2D eigenvalue weighted by Gasteiger charge is 2.18. The van der Waals surface area contributed by atoms with Crippen molar-refractivity contribution >= 4 is 17.5 Å². The fraction of sp³-hybridized carbons (Fsp3) is 0.462. The van der Waals surface area contributed by atoms with E-state index in [9.17, 15) is 13.6 Å². The molecule has 1 aromatic rings. The van der Waals surface area contributed by atoms with E-state index in [4.69, 9.17) is 11.6 Å². The molecular weight excluding hydrogens is 260 g/mol. The van der Waals surface area contributed by atoms with Gasteiger partial charge in [0.1, 0.15) is 0 Å². The lowest BCUT2D eigenvalue weighted by Gasteiger charge is -2.18. The van der Waals surface area contributed by atoms with Gasteiger partial charge in [0.2, 0.25) is 0 Å². The molecule has 0 spiro atoms. The molecule has 1 atom stereocenters. The quantitative estimate of drug-likeness (QED) is 0.821. The zero-order chi connectivity index (χ0) is 13.7. The summed E-state index contributed by atoms with van der Waals surface area (Å²) in [6.45, 7) is 3.99.